The zero-order valence-corrected chi connectivity index (χ0v) is 13.7. The predicted molar refractivity (Wildman–Crippen MR) is 92.2 cm³/mol. The van der Waals surface area contributed by atoms with Gasteiger partial charge in [0.05, 0.1) is 5.75 Å². The summed E-state index contributed by atoms with van der Waals surface area (Å²) in [6.45, 7) is 0.738. The normalized spacial score (nSPS) is 13.5. The summed E-state index contributed by atoms with van der Waals surface area (Å²) < 4.78 is 5.63. The zero-order chi connectivity index (χ0) is 15.8. The number of nitrogens with zero attached hydrogens (tertiary/aromatic N) is 2. The fourth-order valence-electron chi connectivity index (χ4n) is 2.74. The zero-order valence-electron chi connectivity index (χ0n) is 12.2. The topological polar surface area (TPSA) is 46.3 Å². The lowest BCUT2D eigenvalue weighted by Gasteiger charge is -2.16. The molecule has 4 nitrogen and oxygen atoms in total. The molecule has 116 valence electrons. The Morgan fingerprint density at radius 1 is 1.30 bits per heavy atom. The van der Waals surface area contributed by atoms with Crippen molar-refractivity contribution in [3.05, 3.63) is 53.1 Å². The molecule has 3 aromatic rings. The Balaban J connectivity index is 1.47. The van der Waals surface area contributed by atoms with E-state index in [0.717, 1.165) is 18.7 Å². The number of halogens is 1. The number of rotatable bonds is 3. The van der Waals surface area contributed by atoms with Crippen LogP contribution in [0.2, 0.25) is 5.02 Å². The maximum absolute atomic E-state index is 12.5. The van der Waals surface area contributed by atoms with Gasteiger partial charge in [-0.05, 0) is 36.2 Å². The molecule has 0 bridgehead atoms. The highest BCUT2D eigenvalue weighted by Gasteiger charge is 2.24. The van der Waals surface area contributed by atoms with Crippen molar-refractivity contribution < 1.29 is 9.21 Å². The first kappa shape index (κ1) is 14.6. The number of carbonyl (C=O) groups excluding carboxylic acids is 1. The average Bonchev–Trinajstić information content (AvgIpc) is 3.15. The number of aromatic nitrogens is 1. The predicted octanol–water partition coefficient (Wildman–Crippen LogP) is 4.16. The van der Waals surface area contributed by atoms with E-state index < -0.39 is 0 Å². The SMILES string of the molecule is O=C(CSc1nc2cc(Cl)ccc2o1)N1CCc2ccccc21. The van der Waals surface area contributed by atoms with Crippen molar-refractivity contribution >= 4 is 46.1 Å². The molecule has 6 heteroatoms. The third kappa shape index (κ3) is 2.82. The van der Waals surface area contributed by atoms with Gasteiger partial charge in [0.2, 0.25) is 5.91 Å². The number of fused-ring (bicyclic) bond motifs is 2. The van der Waals surface area contributed by atoms with Gasteiger partial charge in [-0.25, -0.2) is 4.98 Å². The summed E-state index contributed by atoms with van der Waals surface area (Å²) in [6.07, 6.45) is 0.911. The van der Waals surface area contributed by atoms with Crippen LogP contribution in [0.15, 0.2) is 52.1 Å². The molecule has 0 unspecified atom stereocenters. The van der Waals surface area contributed by atoms with Gasteiger partial charge in [-0.1, -0.05) is 41.6 Å². The number of para-hydroxylation sites is 1. The number of benzene rings is 2. The Morgan fingerprint density at radius 3 is 3.09 bits per heavy atom. The molecule has 0 spiro atoms. The van der Waals surface area contributed by atoms with Crippen LogP contribution in [0.3, 0.4) is 0 Å². The second kappa shape index (κ2) is 5.91. The van der Waals surface area contributed by atoms with Crippen LogP contribution in [-0.4, -0.2) is 23.2 Å². The lowest BCUT2D eigenvalue weighted by atomic mass is 10.2. The molecule has 0 fully saturated rings. The van der Waals surface area contributed by atoms with E-state index >= 15 is 0 Å². The van der Waals surface area contributed by atoms with Gasteiger partial charge < -0.3 is 9.32 Å². The second-order valence-corrected chi connectivity index (χ2v) is 6.67. The molecule has 0 N–H and O–H groups in total. The Bertz CT molecular complexity index is 893. The number of thioether (sulfide) groups is 1. The van der Waals surface area contributed by atoms with Crippen LogP contribution >= 0.6 is 23.4 Å². The van der Waals surface area contributed by atoms with E-state index in [1.54, 1.807) is 18.2 Å². The first-order valence-corrected chi connectivity index (χ1v) is 8.64. The minimum Gasteiger partial charge on any atom is -0.431 e. The summed E-state index contributed by atoms with van der Waals surface area (Å²) in [4.78, 5) is 18.7. The van der Waals surface area contributed by atoms with Crippen molar-refractivity contribution in [1.82, 2.24) is 4.98 Å². The van der Waals surface area contributed by atoms with Crippen LogP contribution < -0.4 is 4.90 Å². The molecule has 1 aliphatic rings. The van der Waals surface area contributed by atoms with Crippen molar-refractivity contribution in [3.63, 3.8) is 0 Å². The largest absolute Gasteiger partial charge is 0.431 e. The van der Waals surface area contributed by atoms with Gasteiger partial charge in [-0.3, -0.25) is 4.79 Å². The standard InChI is InChI=1S/C17H13ClN2O2S/c18-12-5-6-15-13(9-12)19-17(22-15)23-10-16(21)20-8-7-11-3-1-2-4-14(11)20/h1-6,9H,7-8,10H2. The van der Waals surface area contributed by atoms with Crippen LogP contribution in [0.5, 0.6) is 0 Å². The molecule has 23 heavy (non-hydrogen) atoms. The first-order chi connectivity index (χ1) is 11.2. The third-order valence-corrected chi connectivity index (χ3v) is 4.89. The fourth-order valence-corrected chi connectivity index (χ4v) is 3.62. The summed E-state index contributed by atoms with van der Waals surface area (Å²) in [5.41, 5.74) is 3.62. The minimum atomic E-state index is 0.0697. The molecule has 0 atom stereocenters. The lowest BCUT2D eigenvalue weighted by molar-refractivity contribution is -0.116. The van der Waals surface area contributed by atoms with Gasteiger partial charge in [-0.15, -0.1) is 0 Å². The summed E-state index contributed by atoms with van der Waals surface area (Å²) in [5.74, 6) is 0.370. The van der Waals surface area contributed by atoms with E-state index in [1.165, 1.54) is 17.3 Å². The number of hydrogen-bond acceptors (Lipinski definition) is 4. The Morgan fingerprint density at radius 2 is 2.17 bits per heavy atom. The summed E-state index contributed by atoms with van der Waals surface area (Å²) in [7, 11) is 0. The smallest absolute Gasteiger partial charge is 0.257 e. The third-order valence-electron chi connectivity index (χ3n) is 3.84. The number of hydrogen-bond donors (Lipinski definition) is 0. The molecule has 0 saturated carbocycles. The Labute approximate surface area is 142 Å². The van der Waals surface area contributed by atoms with Gasteiger partial charge in [0.1, 0.15) is 5.52 Å². The first-order valence-electron chi connectivity index (χ1n) is 7.28. The van der Waals surface area contributed by atoms with Crippen molar-refractivity contribution in [2.75, 3.05) is 17.2 Å². The van der Waals surface area contributed by atoms with E-state index in [9.17, 15) is 4.79 Å². The monoisotopic (exact) mass is 344 g/mol. The van der Waals surface area contributed by atoms with E-state index in [0.29, 0.717) is 27.1 Å². The number of oxazole rings is 1. The maximum atomic E-state index is 12.5. The van der Waals surface area contributed by atoms with Gasteiger partial charge in [0, 0.05) is 17.3 Å². The van der Waals surface area contributed by atoms with Crippen LogP contribution in [0.4, 0.5) is 5.69 Å². The van der Waals surface area contributed by atoms with Crippen LogP contribution in [-0.2, 0) is 11.2 Å². The highest BCUT2D eigenvalue weighted by molar-refractivity contribution is 7.99. The highest BCUT2D eigenvalue weighted by Crippen LogP contribution is 2.30. The summed E-state index contributed by atoms with van der Waals surface area (Å²) in [6, 6.07) is 13.3. The van der Waals surface area contributed by atoms with Crippen LogP contribution in [0.1, 0.15) is 5.56 Å². The lowest BCUT2D eigenvalue weighted by Crippen LogP contribution is -2.30. The van der Waals surface area contributed by atoms with Crippen LogP contribution in [0, 0.1) is 0 Å². The number of carbonyl (C=O) groups is 1. The maximum Gasteiger partial charge on any atom is 0.257 e. The van der Waals surface area contributed by atoms with Crippen molar-refractivity contribution in [2.45, 2.75) is 11.6 Å². The minimum absolute atomic E-state index is 0.0697. The molecule has 0 radical (unpaired) electrons. The fraction of sp³-hybridized carbons (Fsp3) is 0.176. The van der Waals surface area contributed by atoms with E-state index in [4.69, 9.17) is 16.0 Å². The average molecular weight is 345 g/mol. The van der Waals surface area contributed by atoms with Gasteiger partial charge >= 0.3 is 0 Å². The van der Waals surface area contributed by atoms with Gasteiger partial charge in [0.15, 0.2) is 5.58 Å². The molecular weight excluding hydrogens is 332 g/mol. The Hall–Kier alpha value is -1.98. The van der Waals surface area contributed by atoms with Crippen LogP contribution in [0.25, 0.3) is 11.1 Å². The quantitative estimate of drug-likeness (QED) is 0.669. The molecule has 2 aromatic carbocycles. The molecule has 1 aromatic heterocycles. The van der Waals surface area contributed by atoms with E-state index in [1.807, 2.05) is 23.1 Å². The summed E-state index contributed by atoms with van der Waals surface area (Å²) >= 11 is 7.25. The molecule has 0 saturated heterocycles. The van der Waals surface area contributed by atoms with Gasteiger partial charge in [-0.2, -0.15) is 0 Å². The number of amides is 1. The second-order valence-electron chi connectivity index (χ2n) is 5.30. The van der Waals surface area contributed by atoms with Gasteiger partial charge in [0.25, 0.3) is 5.22 Å². The van der Waals surface area contributed by atoms with Crippen molar-refractivity contribution in [3.8, 4) is 0 Å². The molecule has 1 aliphatic heterocycles. The molecule has 1 amide bonds. The molecular formula is C17H13ClN2O2S. The number of anilines is 1. The molecule has 0 aliphatic carbocycles. The van der Waals surface area contributed by atoms with Crippen molar-refractivity contribution in [1.29, 1.82) is 0 Å². The molecule has 2 heterocycles. The Kier molecular flexibility index (Phi) is 3.75. The van der Waals surface area contributed by atoms with E-state index in [-0.39, 0.29) is 5.91 Å². The molecule has 4 rings (SSSR count). The van der Waals surface area contributed by atoms with Crippen molar-refractivity contribution in [2.24, 2.45) is 0 Å². The summed E-state index contributed by atoms with van der Waals surface area (Å²) in [5, 5.41) is 1.11. The highest BCUT2D eigenvalue weighted by atomic mass is 35.5. The van der Waals surface area contributed by atoms with E-state index in [2.05, 4.69) is 11.1 Å².